The molecule has 0 aromatic carbocycles. The highest BCUT2D eigenvalue weighted by atomic mass is 16.5. The van der Waals surface area contributed by atoms with E-state index in [1.165, 1.54) is 0 Å². The van der Waals surface area contributed by atoms with E-state index >= 15 is 0 Å². The van der Waals surface area contributed by atoms with Crippen LogP contribution in [0.5, 0.6) is 0 Å². The van der Waals surface area contributed by atoms with Gasteiger partial charge in [0.05, 0.1) is 45.2 Å². The predicted octanol–water partition coefficient (Wildman–Crippen LogP) is 5.54. The first kappa shape index (κ1) is 69.5. The van der Waals surface area contributed by atoms with Crippen molar-refractivity contribution in [2.45, 2.75) is 163 Å². The number of nitrogens with zero attached hydrogens (tertiary/aromatic N) is 11. The number of carbonyl (C=O) groups is 6. The molecule has 5 heterocycles. The van der Waals surface area contributed by atoms with Gasteiger partial charge in [-0.25, -0.2) is 68.2 Å². The number of rotatable bonds is 9. The number of morpholine rings is 1. The number of ether oxygens (including phenoxy) is 1. The van der Waals surface area contributed by atoms with Gasteiger partial charge in [-0.2, -0.15) is 0 Å². The van der Waals surface area contributed by atoms with Crippen molar-refractivity contribution >= 4 is 36.2 Å². The summed E-state index contributed by atoms with van der Waals surface area (Å²) in [7, 11) is 0. The number of amides is 12. The molecule has 5 aliphatic rings. The quantitative estimate of drug-likeness (QED) is 0.115. The largest absolute Gasteiger partial charge is 0.345 e. The number of hydrogen-bond donors (Lipinski definition) is 7. The average molecular weight is 1080 g/mol. The highest BCUT2D eigenvalue weighted by Crippen LogP contribution is 2.16. The van der Waals surface area contributed by atoms with Crippen LogP contribution in [0.1, 0.15) is 102 Å². The fraction of sp³-hybridized carbons (Fsp3) is 0.769. The van der Waals surface area contributed by atoms with Crippen LogP contribution in [-0.4, -0.2) is 213 Å². The molecule has 77 heavy (non-hydrogen) atoms. The lowest BCUT2D eigenvalue weighted by Crippen LogP contribution is -2.56. The Kier molecular flexibility index (Phi) is 35.2. The van der Waals surface area contributed by atoms with Gasteiger partial charge in [-0.05, 0) is 89.5 Å². The molecule has 0 radical (unpaired) electrons. The maximum absolute atomic E-state index is 11.6. The van der Waals surface area contributed by atoms with E-state index in [9.17, 15) is 28.8 Å². The normalized spacial score (nSPS) is 18.3. The number of nitrogens with one attached hydrogen (secondary N) is 7. The summed E-state index contributed by atoms with van der Waals surface area (Å²) >= 11 is 0. The Morgan fingerprint density at radius 3 is 1.23 bits per heavy atom. The highest BCUT2D eigenvalue weighted by Gasteiger charge is 2.36. The first-order valence-electron chi connectivity index (χ1n) is 26.4. The third-order valence-corrected chi connectivity index (χ3v) is 10.9. The summed E-state index contributed by atoms with van der Waals surface area (Å²) in [6.07, 6.45) is 2.18. The van der Waals surface area contributed by atoms with Gasteiger partial charge in [0, 0.05) is 81.8 Å². The molecule has 3 unspecified atom stereocenters. The second-order valence-electron chi connectivity index (χ2n) is 20.5. The van der Waals surface area contributed by atoms with E-state index in [-0.39, 0.29) is 90.6 Å². The van der Waals surface area contributed by atoms with Gasteiger partial charge >= 0.3 is 42.4 Å². The van der Waals surface area contributed by atoms with Crippen LogP contribution < -0.4 is 37.2 Å². The van der Waals surface area contributed by atoms with E-state index in [0.717, 1.165) is 38.9 Å². The second kappa shape index (κ2) is 39.0. The molecular weight excluding hydrogens is 989 g/mol. The van der Waals surface area contributed by atoms with Crippen LogP contribution in [0, 0.1) is 45.4 Å². The Morgan fingerprint density at radius 2 is 0.844 bits per heavy atom. The Labute approximate surface area is 459 Å². The summed E-state index contributed by atoms with van der Waals surface area (Å²) in [6.45, 7) is 71.4. The van der Waals surface area contributed by atoms with Gasteiger partial charge in [-0.3, -0.25) is 4.85 Å². The lowest BCUT2D eigenvalue weighted by molar-refractivity contribution is 0.0102. The molecule has 25 heteroatoms. The molecule has 428 valence electrons. The van der Waals surface area contributed by atoms with Gasteiger partial charge in [-0.1, -0.05) is 0 Å². The van der Waals surface area contributed by atoms with E-state index in [1.54, 1.807) is 24.5 Å². The van der Waals surface area contributed by atoms with E-state index in [1.807, 2.05) is 83.1 Å². The third kappa shape index (κ3) is 31.9. The minimum atomic E-state index is -0.498. The van der Waals surface area contributed by atoms with Crippen LogP contribution in [0.15, 0.2) is 0 Å². The fourth-order valence-electron chi connectivity index (χ4n) is 7.08. The van der Waals surface area contributed by atoms with E-state index < -0.39 is 6.23 Å². The Hall–Kier alpha value is -7.48. The van der Waals surface area contributed by atoms with Crippen LogP contribution in [0.4, 0.5) is 28.8 Å². The topological polar surface area (TPSA) is 238 Å². The smallest absolute Gasteiger partial charge is 0.336 e. The molecule has 0 spiro atoms. The number of hydrogen-bond acceptors (Lipinski definition) is 7. The van der Waals surface area contributed by atoms with Crippen molar-refractivity contribution in [3.8, 4) is 0 Å². The lowest BCUT2D eigenvalue weighted by Gasteiger charge is -2.36. The Balaban J connectivity index is 0.000000902. The van der Waals surface area contributed by atoms with Gasteiger partial charge in [0.15, 0.2) is 0 Å². The van der Waals surface area contributed by atoms with E-state index in [0.29, 0.717) is 78.0 Å². The summed E-state index contributed by atoms with van der Waals surface area (Å²) in [5, 5.41) is 19.2. The summed E-state index contributed by atoms with van der Waals surface area (Å²) in [5.74, 6) is 0.399. The van der Waals surface area contributed by atoms with Crippen LogP contribution >= 0.6 is 0 Å². The molecule has 5 rings (SSSR count). The minimum Gasteiger partial charge on any atom is -0.336 e. The molecule has 0 bridgehead atoms. The van der Waals surface area contributed by atoms with Crippen molar-refractivity contribution in [3.05, 3.63) is 68.5 Å². The van der Waals surface area contributed by atoms with Crippen LogP contribution in [0.25, 0.3) is 29.1 Å². The maximum Gasteiger partial charge on any atom is 0.345 e. The van der Waals surface area contributed by atoms with E-state index in [4.69, 9.17) is 44.2 Å². The summed E-state index contributed by atoms with van der Waals surface area (Å²) in [5.41, 5.74) is 0. The van der Waals surface area contributed by atoms with Crippen molar-refractivity contribution < 1.29 is 33.5 Å². The van der Waals surface area contributed by atoms with Crippen molar-refractivity contribution in [1.29, 1.82) is 0 Å². The molecule has 25 nitrogen and oxygen atoms in total. The molecule has 5 saturated heterocycles. The van der Waals surface area contributed by atoms with Gasteiger partial charge in [0.25, 0.3) is 6.04 Å². The molecule has 7 N–H and O–H groups in total. The zero-order valence-electron chi connectivity index (χ0n) is 47.6. The number of likely N-dealkylation sites (tertiary alicyclic amines) is 4. The Morgan fingerprint density at radius 1 is 0.455 bits per heavy atom. The van der Waals surface area contributed by atoms with Gasteiger partial charge in [0.2, 0.25) is 25.2 Å². The van der Waals surface area contributed by atoms with Crippen LogP contribution in [0.2, 0.25) is 0 Å². The lowest BCUT2D eigenvalue weighted by atomic mass is 10.0. The molecule has 0 aromatic heterocycles. The number of carbonyl (C=O) groups excluding carboxylic acids is 6. The minimum absolute atomic E-state index is 0.00154. The van der Waals surface area contributed by atoms with Crippen molar-refractivity contribution in [2.24, 2.45) is 5.92 Å². The van der Waals surface area contributed by atoms with Crippen molar-refractivity contribution in [2.75, 3.05) is 91.7 Å². The molecule has 5 aliphatic heterocycles. The SMILES string of the molecule is [C-]#[N+]C1CCCN(C(=O)NC(C)C)C1.[C-]#[N+]C1CCN(C(=O)NC(C)C)C1.[C-]#[N+]C1CN(C(=O)NC(C)C)C1.[C-]#[N+]C1CN(C(=O)NC(C)C)CCO1.[C-]#[N+]CC1CN(C(=O)NC(C)C)C1.[C-]#[N+]CCNC(=O)NC(C)C. The zero-order chi connectivity index (χ0) is 58.6. The van der Waals surface area contributed by atoms with Crippen molar-refractivity contribution in [1.82, 2.24) is 61.7 Å². The van der Waals surface area contributed by atoms with Crippen molar-refractivity contribution in [3.63, 3.8) is 0 Å². The van der Waals surface area contributed by atoms with Gasteiger partial charge < -0.3 is 90.7 Å². The molecular formula is C52H88N18O7. The van der Waals surface area contributed by atoms with E-state index in [2.05, 4.69) is 66.3 Å². The molecule has 0 aromatic rings. The molecule has 0 aliphatic carbocycles. The number of piperidine rings is 1. The molecule has 5 fully saturated rings. The molecule has 0 saturated carbocycles. The van der Waals surface area contributed by atoms with Gasteiger partial charge in [0.1, 0.15) is 6.54 Å². The predicted molar refractivity (Wildman–Crippen MR) is 296 cm³/mol. The third-order valence-electron chi connectivity index (χ3n) is 10.9. The average Bonchev–Trinajstić information content (AvgIpc) is 3.82. The van der Waals surface area contributed by atoms with Crippen LogP contribution in [-0.2, 0) is 4.74 Å². The second-order valence-corrected chi connectivity index (χ2v) is 20.5. The first-order valence-corrected chi connectivity index (χ1v) is 26.4. The van der Waals surface area contributed by atoms with Gasteiger partial charge in [-0.15, -0.1) is 0 Å². The summed E-state index contributed by atoms with van der Waals surface area (Å²) in [4.78, 5) is 96.3. The molecule has 3 atom stereocenters. The monoisotopic (exact) mass is 1080 g/mol. The fourth-order valence-corrected chi connectivity index (χ4v) is 7.08. The number of urea groups is 6. The zero-order valence-corrected chi connectivity index (χ0v) is 47.6. The molecule has 12 amide bonds. The first-order chi connectivity index (χ1) is 36.3. The Bertz CT molecular complexity index is 2020. The van der Waals surface area contributed by atoms with Crippen LogP contribution in [0.3, 0.4) is 0 Å². The standard InChI is InChI=1S/C10H17N3O.C9H15N3O2.2C9H15N3O.C8H13N3O.C7H13N3O/c1-8(2)12-10(14)13-6-4-5-9(7-13)11-3;1-7(2)11-9(13)12-4-5-14-8(6-12)10-3;1-7(2)11-9(13)12-5-8(6-12)4-10-3;1-7(2)11-9(13)12-5-4-8(6-12)10-3;1-6(2)10-8(12)11-4-7(5-11)9-3;1-6(2)10-7(11)9-5-4-8-3/h8-9H,4-7H2,1-2H3,(H,12,14);7-8H,4-6H2,1-2H3,(H,11,13);2*7-8H,4-6H2,1-2H3,(H,11,13);6-7H,4-5H2,1-2H3,(H,10,12);6H,4-5H2,1-2H3,(H2,9,10,11). The summed E-state index contributed by atoms with van der Waals surface area (Å²) < 4.78 is 5.14. The highest BCUT2D eigenvalue weighted by molar-refractivity contribution is 5.77. The summed E-state index contributed by atoms with van der Waals surface area (Å²) in [6, 6.07) is 0.547. The maximum atomic E-state index is 11.6.